The third-order valence-corrected chi connectivity index (χ3v) is 2.92. The molecule has 0 bridgehead atoms. The van der Waals surface area contributed by atoms with Gasteiger partial charge in [-0.1, -0.05) is 35.9 Å². The largest absolute Gasteiger partial charge is 0.381 e. The minimum absolute atomic E-state index is 0.568. The Morgan fingerprint density at radius 1 is 0.941 bits per heavy atom. The molecule has 0 unspecified atom stereocenters. The van der Waals surface area contributed by atoms with Crippen molar-refractivity contribution in [1.29, 1.82) is 0 Å². The van der Waals surface area contributed by atoms with Gasteiger partial charge in [0.2, 0.25) is 0 Å². The Balaban J connectivity index is 2.04. The summed E-state index contributed by atoms with van der Waals surface area (Å²) >= 11 is 5.83. The van der Waals surface area contributed by atoms with Gasteiger partial charge in [0, 0.05) is 23.8 Å². The quantitative estimate of drug-likeness (QED) is 0.868. The van der Waals surface area contributed by atoms with E-state index >= 15 is 0 Å². The van der Waals surface area contributed by atoms with Gasteiger partial charge in [-0.2, -0.15) is 0 Å². The Bertz CT molecular complexity index is 480. The van der Waals surface area contributed by atoms with Gasteiger partial charge in [0.1, 0.15) is 0 Å². The molecule has 0 amide bonds. The lowest BCUT2D eigenvalue weighted by atomic mass is 10.1. The van der Waals surface area contributed by atoms with E-state index < -0.39 is 0 Å². The van der Waals surface area contributed by atoms with Crippen LogP contribution in [0.5, 0.6) is 0 Å². The summed E-state index contributed by atoms with van der Waals surface area (Å²) in [5.74, 6) is 0. The van der Waals surface area contributed by atoms with Crippen LogP contribution in [0.2, 0.25) is 5.02 Å². The van der Waals surface area contributed by atoms with Gasteiger partial charge in [-0.3, -0.25) is 0 Å². The van der Waals surface area contributed by atoms with Crippen molar-refractivity contribution in [2.24, 2.45) is 5.73 Å². The molecule has 0 aromatic heterocycles. The summed E-state index contributed by atoms with van der Waals surface area (Å²) in [5, 5.41) is 4.10. The fourth-order valence-electron chi connectivity index (χ4n) is 1.69. The monoisotopic (exact) mass is 246 g/mol. The number of anilines is 1. The third kappa shape index (κ3) is 3.22. The number of rotatable bonds is 4. The maximum absolute atomic E-state index is 5.83. The Morgan fingerprint density at radius 3 is 2.24 bits per heavy atom. The first-order valence-electron chi connectivity index (χ1n) is 5.56. The van der Waals surface area contributed by atoms with E-state index in [1.165, 1.54) is 11.1 Å². The summed E-state index contributed by atoms with van der Waals surface area (Å²) in [6, 6.07) is 15.9. The van der Waals surface area contributed by atoms with Crippen LogP contribution in [0.15, 0.2) is 48.5 Å². The van der Waals surface area contributed by atoms with E-state index in [4.69, 9.17) is 17.3 Å². The topological polar surface area (TPSA) is 38.0 Å². The van der Waals surface area contributed by atoms with Crippen molar-refractivity contribution >= 4 is 17.3 Å². The molecule has 3 heteroatoms. The molecular weight excluding hydrogens is 232 g/mol. The number of halogens is 1. The molecule has 0 aliphatic carbocycles. The molecular formula is C14H15ClN2. The summed E-state index contributed by atoms with van der Waals surface area (Å²) in [7, 11) is 0. The van der Waals surface area contributed by atoms with E-state index in [-0.39, 0.29) is 0 Å². The van der Waals surface area contributed by atoms with E-state index in [0.717, 1.165) is 17.3 Å². The average Bonchev–Trinajstić information content (AvgIpc) is 2.38. The molecule has 0 aliphatic rings. The van der Waals surface area contributed by atoms with Crippen LogP contribution in [0.4, 0.5) is 5.69 Å². The van der Waals surface area contributed by atoms with E-state index in [1.807, 2.05) is 36.4 Å². The van der Waals surface area contributed by atoms with Crippen LogP contribution in [-0.2, 0) is 13.1 Å². The summed E-state index contributed by atoms with van der Waals surface area (Å²) in [6.07, 6.45) is 0. The summed E-state index contributed by atoms with van der Waals surface area (Å²) in [5.41, 5.74) is 9.15. The molecule has 0 fully saturated rings. The zero-order chi connectivity index (χ0) is 12.1. The predicted molar refractivity (Wildman–Crippen MR) is 73.1 cm³/mol. The molecule has 0 radical (unpaired) electrons. The van der Waals surface area contributed by atoms with Gasteiger partial charge in [0.05, 0.1) is 0 Å². The van der Waals surface area contributed by atoms with Gasteiger partial charge in [-0.25, -0.2) is 0 Å². The zero-order valence-electron chi connectivity index (χ0n) is 9.49. The van der Waals surface area contributed by atoms with E-state index in [1.54, 1.807) is 0 Å². The minimum atomic E-state index is 0.568. The fraction of sp³-hybridized carbons (Fsp3) is 0.143. The summed E-state index contributed by atoms with van der Waals surface area (Å²) in [6.45, 7) is 1.34. The highest BCUT2D eigenvalue weighted by Crippen LogP contribution is 2.15. The molecule has 2 nitrogen and oxygen atoms in total. The van der Waals surface area contributed by atoms with Crippen molar-refractivity contribution in [3.8, 4) is 0 Å². The maximum atomic E-state index is 5.83. The Labute approximate surface area is 106 Å². The maximum Gasteiger partial charge on any atom is 0.0407 e. The van der Waals surface area contributed by atoms with Crippen molar-refractivity contribution in [3.05, 3.63) is 64.7 Å². The molecule has 0 saturated carbocycles. The molecule has 2 rings (SSSR count). The van der Waals surface area contributed by atoms with Crippen molar-refractivity contribution in [2.75, 3.05) is 5.32 Å². The molecule has 2 aromatic rings. The first-order chi connectivity index (χ1) is 8.29. The average molecular weight is 247 g/mol. The number of nitrogens with one attached hydrogen (secondary N) is 1. The summed E-state index contributed by atoms with van der Waals surface area (Å²) < 4.78 is 0. The second-order valence-electron chi connectivity index (χ2n) is 3.83. The van der Waals surface area contributed by atoms with Gasteiger partial charge in [-0.15, -0.1) is 0 Å². The van der Waals surface area contributed by atoms with Crippen LogP contribution in [0.25, 0.3) is 0 Å². The van der Waals surface area contributed by atoms with Gasteiger partial charge >= 0.3 is 0 Å². The Hall–Kier alpha value is -1.51. The normalized spacial score (nSPS) is 10.2. The molecule has 17 heavy (non-hydrogen) atoms. The Kier molecular flexibility index (Phi) is 4.02. The van der Waals surface area contributed by atoms with Crippen LogP contribution in [0, 0.1) is 0 Å². The molecule has 0 saturated heterocycles. The van der Waals surface area contributed by atoms with E-state index in [9.17, 15) is 0 Å². The van der Waals surface area contributed by atoms with E-state index in [2.05, 4.69) is 17.4 Å². The smallest absolute Gasteiger partial charge is 0.0407 e. The molecule has 2 aromatic carbocycles. The highest BCUT2D eigenvalue weighted by Gasteiger charge is 1.99. The van der Waals surface area contributed by atoms with Gasteiger partial charge in [-0.05, 0) is 35.4 Å². The standard InChI is InChI=1S/C14H15ClN2/c15-13-5-7-14(8-6-13)17-10-12-4-2-1-3-11(12)9-16/h1-8,17H,9-10,16H2. The van der Waals surface area contributed by atoms with Crippen LogP contribution in [0.1, 0.15) is 11.1 Å². The second-order valence-corrected chi connectivity index (χ2v) is 4.27. The molecule has 0 atom stereocenters. The van der Waals surface area contributed by atoms with Crippen LogP contribution >= 0.6 is 11.6 Å². The van der Waals surface area contributed by atoms with Crippen molar-refractivity contribution in [1.82, 2.24) is 0 Å². The predicted octanol–water partition coefficient (Wildman–Crippen LogP) is 3.41. The van der Waals surface area contributed by atoms with Crippen LogP contribution in [0.3, 0.4) is 0 Å². The third-order valence-electron chi connectivity index (χ3n) is 2.67. The lowest BCUT2D eigenvalue weighted by Gasteiger charge is -2.10. The van der Waals surface area contributed by atoms with Crippen molar-refractivity contribution < 1.29 is 0 Å². The molecule has 3 N–H and O–H groups in total. The van der Waals surface area contributed by atoms with Gasteiger partial charge < -0.3 is 11.1 Å². The Morgan fingerprint density at radius 2 is 1.59 bits per heavy atom. The first kappa shape index (κ1) is 12.0. The molecule has 0 aliphatic heterocycles. The van der Waals surface area contributed by atoms with E-state index in [0.29, 0.717) is 6.54 Å². The lowest BCUT2D eigenvalue weighted by molar-refractivity contribution is 1.01. The number of hydrogen-bond acceptors (Lipinski definition) is 2. The highest BCUT2D eigenvalue weighted by atomic mass is 35.5. The second kappa shape index (κ2) is 5.71. The highest BCUT2D eigenvalue weighted by molar-refractivity contribution is 6.30. The van der Waals surface area contributed by atoms with Crippen LogP contribution < -0.4 is 11.1 Å². The SMILES string of the molecule is NCc1ccccc1CNc1ccc(Cl)cc1. The zero-order valence-corrected chi connectivity index (χ0v) is 10.2. The van der Waals surface area contributed by atoms with Crippen LogP contribution in [-0.4, -0.2) is 0 Å². The van der Waals surface area contributed by atoms with Gasteiger partial charge in [0.15, 0.2) is 0 Å². The first-order valence-corrected chi connectivity index (χ1v) is 5.93. The lowest BCUT2D eigenvalue weighted by Crippen LogP contribution is -2.06. The van der Waals surface area contributed by atoms with Crippen molar-refractivity contribution in [2.45, 2.75) is 13.1 Å². The van der Waals surface area contributed by atoms with Crippen molar-refractivity contribution in [3.63, 3.8) is 0 Å². The minimum Gasteiger partial charge on any atom is -0.381 e. The number of hydrogen-bond donors (Lipinski definition) is 2. The molecule has 88 valence electrons. The molecule has 0 heterocycles. The van der Waals surface area contributed by atoms with Gasteiger partial charge in [0.25, 0.3) is 0 Å². The fourth-order valence-corrected chi connectivity index (χ4v) is 1.82. The molecule has 0 spiro atoms. The number of benzene rings is 2. The summed E-state index contributed by atoms with van der Waals surface area (Å²) in [4.78, 5) is 0. The number of nitrogens with two attached hydrogens (primary N) is 1.